The zero-order chi connectivity index (χ0) is 13.8. The molecule has 2 aliphatic heterocycles. The van der Waals surface area contributed by atoms with Crippen molar-refractivity contribution in [1.29, 1.82) is 0 Å². The summed E-state index contributed by atoms with van der Waals surface area (Å²) in [5.41, 5.74) is 5.78. The van der Waals surface area contributed by atoms with Crippen LogP contribution in [-0.2, 0) is 4.79 Å². The molecule has 0 aromatic rings. The molecular formula is C15H30ClN3O. The van der Waals surface area contributed by atoms with Crippen LogP contribution in [0.3, 0.4) is 0 Å². The number of carbonyl (C=O) groups excluding carboxylic acids is 1. The Morgan fingerprint density at radius 2 is 1.85 bits per heavy atom. The highest BCUT2D eigenvalue weighted by Crippen LogP contribution is 2.25. The maximum Gasteiger partial charge on any atom is 0.239 e. The van der Waals surface area contributed by atoms with Gasteiger partial charge in [0.25, 0.3) is 0 Å². The lowest BCUT2D eigenvalue weighted by atomic mass is 10.1. The highest BCUT2D eigenvalue weighted by Gasteiger charge is 2.35. The second-order valence-electron chi connectivity index (χ2n) is 6.30. The Labute approximate surface area is 129 Å². The molecule has 2 N–H and O–H groups in total. The molecule has 20 heavy (non-hydrogen) atoms. The predicted octanol–water partition coefficient (Wildman–Crippen LogP) is 1.87. The highest BCUT2D eigenvalue weighted by atomic mass is 35.5. The lowest BCUT2D eigenvalue weighted by molar-refractivity contribution is -0.136. The molecule has 3 atom stereocenters. The van der Waals surface area contributed by atoms with E-state index in [9.17, 15) is 4.79 Å². The van der Waals surface area contributed by atoms with Crippen molar-refractivity contribution in [2.24, 2.45) is 11.7 Å². The van der Waals surface area contributed by atoms with Crippen molar-refractivity contribution in [3.05, 3.63) is 0 Å². The first-order valence-electron chi connectivity index (χ1n) is 7.88. The molecule has 5 heteroatoms. The van der Waals surface area contributed by atoms with Crippen LogP contribution in [0.5, 0.6) is 0 Å². The van der Waals surface area contributed by atoms with Crippen molar-refractivity contribution >= 4 is 18.3 Å². The van der Waals surface area contributed by atoms with Gasteiger partial charge in [-0.2, -0.15) is 0 Å². The summed E-state index contributed by atoms with van der Waals surface area (Å²) in [6, 6.07) is 0.504. The maximum absolute atomic E-state index is 12.6. The van der Waals surface area contributed by atoms with Crippen LogP contribution < -0.4 is 5.73 Å². The first kappa shape index (κ1) is 17.7. The number of hydrogen-bond donors (Lipinski definition) is 1. The fourth-order valence-electron chi connectivity index (χ4n) is 3.58. The average molecular weight is 304 g/mol. The molecule has 118 valence electrons. The van der Waals surface area contributed by atoms with Gasteiger partial charge in [0, 0.05) is 25.7 Å². The SMILES string of the molecule is CC1CC(CN)CN1C(C)C(=O)N1CCCCCC1.Cl. The molecule has 3 unspecified atom stereocenters. The van der Waals surface area contributed by atoms with Crippen LogP contribution >= 0.6 is 12.4 Å². The number of nitrogens with two attached hydrogens (primary N) is 1. The van der Waals surface area contributed by atoms with Crippen LogP contribution in [0.2, 0.25) is 0 Å². The zero-order valence-corrected chi connectivity index (χ0v) is 13.7. The Kier molecular flexibility index (Phi) is 7.27. The Balaban J connectivity index is 0.00000200. The summed E-state index contributed by atoms with van der Waals surface area (Å²) < 4.78 is 0. The van der Waals surface area contributed by atoms with E-state index < -0.39 is 0 Å². The highest BCUT2D eigenvalue weighted by molar-refractivity contribution is 5.85. The Morgan fingerprint density at radius 3 is 2.35 bits per heavy atom. The molecule has 1 amide bonds. The van der Waals surface area contributed by atoms with E-state index in [1.54, 1.807) is 0 Å². The Hall–Kier alpha value is -0.320. The van der Waals surface area contributed by atoms with Gasteiger partial charge in [-0.15, -0.1) is 12.4 Å². The molecule has 2 heterocycles. The minimum atomic E-state index is 0. The first-order valence-corrected chi connectivity index (χ1v) is 7.88. The molecule has 4 nitrogen and oxygen atoms in total. The van der Waals surface area contributed by atoms with Crippen molar-refractivity contribution < 1.29 is 4.79 Å². The van der Waals surface area contributed by atoms with Gasteiger partial charge in [0.05, 0.1) is 6.04 Å². The third-order valence-electron chi connectivity index (χ3n) is 4.82. The molecule has 0 aromatic carbocycles. The van der Waals surface area contributed by atoms with Crippen LogP contribution in [0.4, 0.5) is 0 Å². The van der Waals surface area contributed by atoms with Gasteiger partial charge >= 0.3 is 0 Å². The van der Waals surface area contributed by atoms with Crippen molar-refractivity contribution in [3.8, 4) is 0 Å². The minimum absolute atomic E-state index is 0. The number of likely N-dealkylation sites (tertiary alicyclic amines) is 2. The summed E-state index contributed by atoms with van der Waals surface area (Å²) in [4.78, 5) is 17.1. The van der Waals surface area contributed by atoms with E-state index in [-0.39, 0.29) is 18.4 Å². The topological polar surface area (TPSA) is 49.6 Å². The maximum atomic E-state index is 12.6. The summed E-state index contributed by atoms with van der Waals surface area (Å²) in [6.45, 7) is 7.92. The monoisotopic (exact) mass is 303 g/mol. The summed E-state index contributed by atoms with van der Waals surface area (Å²) in [5, 5.41) is 0. The second-order valence-corrected chi connectivity index (χ2v) is 6.30. The van der Waals surface area contributed by atoms with Gasteiger partial charge in [-0.25, -0.2) is 0 Å². The number of rotatable bonds is 3. The third kappa shape index (κ3) is 4.09. The molecule has 2 aliphatic rings. The smallest absolute Gasteiger partial charge is 0.239 e. The van der Waals surface area contributed by atoms with E-state index in [0.717, 1.165) is 32.6 Å². The standard InChI is InChI=1S/C15H29N3O.ClH/c1-12-9-14(10-16)11-18(12)13(2)15(19)17-7-5-3-4-6-8-17;/h12-14H,3-11,16H2,1-2H3;1H. The number of nitrogens with zero attached hydrogens (tertiary/aromatic N) is 2. The molecule has 0 bridgehead atoms. The molecule has 2 rings (SSSR count). The van der Waals surface area contributed by atoms with Gasteiger partial charge in [-0.05, 0) is 45.6 Å². The fraction of sp³-hybridized carbons (Fsp3) is 0.933. The molecule has 0 aromatic heterocycles. The second kappa shape index (κ2) is 8.20. The molecule has 0 radical (unpaired) electrons. The largest absolute Gasteiger partial charge is 0.341 e. The van der Waals surface area contributed by atoms with Gasteiger partial charge in [0.2, 0.25) is 5.91 Å². The van der Waals surface area contributed by atoms with Crippen LogP contribution in [0.15, 0.2) is 0 Å². The Morgan fingerprint density at radius 1 is 1.25 bits per heavy atom. The van der Waals surface area contributed by atoms with E-state index >= 15 is 0 Å². The van der Waals surface area contributed by atoms with E-state index in [0.29, 0.717) is 17.9 Å². The van der Waals surface area contributed by atoms with E-state index in [4.69, 9.17) is 5.73 Å². The van der Waals surface area contributed by atoms with Gasteiger partial charge < -0.3 is 10.6 Å². The average Bonchev–Trinajstić information content (AvgIpc) is 2.64. The Bertz CT molecular complexity index is 305. The fourth-order valence-corrected chi connectivity index (χ4v) is 3.58. The lowest BCUT2D eigenvalue weighted by Gasteiger charge is -2.32. The predicted molar refractivity (Wildman–Crippen MR) is 85.1 cm³/mol. The number of carbonyl (C=O) groups is 1. The van der Waals surface area contributed by atoms with Crippen LogP contribution in [-0.4, -0.2) is 54.0 Å². The number of hydrogen-bond acceptors (Lipinski definition) is 3. The van der Waals surface area contributed by atoms with Gasteiger partial charge in [-0.1, -0.05) is 12.8 Å². The summed E-state index contributed by atoms with van der Waals surface area (Å²) >= 11 is 0. The molecule has 0 aliphatic carbocycles. The van der Waals surface area contributed by atoms with Crippen molar-refractivity contribution in [2.75, 3.05) is 26.2 Å². The summed E-state index contributed by atoms with van der Waals surface area (Å²) in [7, 11) is 0. The number of halogens is 1. The van der Waals surface area contributed by atoms with Crippen LogP contribution in [0, 0.1) is 5.92 Å². The molecule has 2 fully saturated rings. The zero-order valence-electron chi connectivity index (χ0n) is 12.9. The van der Waals surface area contributed by atoms with Crippen molar-refractivity contribution in [2.45, 2.75) is 58.0 Å². The molecular weight excluding hydrogens is 274 g/mol. The van der Waals surface area contributed by atoms with E-state index in [2.05, 4.69) is 23.6 Å². The third-order valence-corrected chi connectivity index (χ3v) is 4.82. The molecule has 2 saturated heterocycles. The van der Waals surface area contributed by atoms with Gasteiger partial charge in [0.1, 0.15) is 0 Å². The summed E-state index contributed by atoms with van der Waals surface area (Å²) in [6.07, 6.45) is 6.01. The number of amides is 1. The van der Waals surface area contributed by atoms with Crippen LogP contribution in [0.25, 0.3) is 0 Å². The lowest BCUT2D eigenvalue weighted by Crippen LogP contribution is -2.48. The van der Waals surface area contributed by atoms with E-state index in [1.165, 1.54) is 25.7 Å². The quantitative estimate of drug-likeness (QED) is 0.866. The minimum Gasteiger partial charge on any atom is -0.341 e. The van der Waals surface area contributed by atoms with Gasteiger partial charge in [-0.3, -0.25) is 9.69 Å². The molecule has 0 spiro atoms. The van der Waals surface area contributed by atoms with Gasteiger partial charge in [0.15, 0.2) is 0 Å². The van der Waals surface area contributed by atoms with E-state index in [1.807, 2.05) is 0 Å². The van der Waals surface area contributed by atoms with Crippen LogP contribution in [0.1, 0.15) is 46.0 Å². The first-order chi connectivity index (χ1) is 9.13. The summed E-state index contributed by atoms with van der Waals surface area (Å²) in [5.74, 6) is 0.890. The molecule has 0 saturated carbocycles. The van der Waals surface area contributed by atoms with Crippen molar-refractivity contribution in [1.82, 2.24) is 9.80 Å². The van der Waals surface area contributed by atoms with Crippen molar-refractivity contribution in [3.63, 3.8) is 0 Å². The normalized spacial score (nSPS) is 29.6.